The molecule has 1 atom stereocenters. The van der Waals surface area contributed by atoms with E-state index in [0.29, 0.717) is 43.6 Å². The van der Waals surface area contributed by atoms with E-state index < -0.39 is 0 Å². The molecule has 0 spiro atoms. The van der Waals surface area contributed by atoms with Crippen molar-refractivity contribution < 1.29 is 23.8 Å². The number of morpholine rings is 1. The minimum atomic E-state index is -0.345. The molecule has 10 heteroatoms. The minimum Gasteiger partial charge on any atom is -0.493 e. The first-order valence-electron chi connectivity index (χ1n) is 13.8. The first-order chi connectivity index (χ1) is 19.6. The fourth-order valence-corrected chi connectivity index (χ4v) is 6.53. The Bertz CT molecular complexity index is 1440. The number of ether oxygens (including phenoxy) is 3. The second kappa shape index (κ2) is 11.8. The average Bonchev–Trinajstić information content (AvgIpc) is 3.31. The quantitative estimate of drug-likeness (QED) is 0.425. The Hall–Kier alpha value is -3.50. The first-order valence-corrected chi connectivity index (χ1v) is 14.9. The summed E-state index contributed by atoms with van der Waals surface area (Å²) < 4.78 is 18.4. The van der Waals surface area contributed by atoms with Crippen molar-refractivity contribution in [1.82, 2.24) is 14.7 Å². The van der Waals surface area contributed by atoms with Crippen LogP contribution in [0.4, 0.5) is 5.82 Å². The number of amides is 2. The molecule has 9 nitrogen and oxygen atoms in total. The lowest BCUT2D eigenvalue weighted by molar-refractivity contribution is -0.134. The number of hydrogen-bond acceptors (Lipinski definition) is 7. The monoisotopic (exact) mass is 578 g/mol. The van der Waals surface area contributed by atoms with Gasteiger partial charge in [-0.25, -0.2) is 4.68 Å². The molecule has 0 N–H and O–H groups in total. The number of benzene rings is 2. The lowest BCUT2D eigenvalue weighted by Gasteiger charge is -2.30. The first kappa shape index (κ1) is 29.0. The smallest absolute Gasteiger partial charge is 0.242 e. The SMILES string of the molecule is COc1ccc(C2SCC(=O)N(CC(=O)N3CCOCC3)c3c2c(C(C)(C)C)nn3-c2cccc(C)c2)cc1OC. The summed E-state index contributed by atoms with van der Waals surface area (Å²) in [5.74, 6) is 1.87. The molecule has 3 aromatic rings. The van der Waals surface area contributed by atoms with Crippen LogP contribution in [0, 0.1) is 6.92 Å². The van der Waals surface area contributed by atoms with Crippen molar-refractivity contribution in [3.05, 3.63) is 64.8 Å². The van der Waals surface area contributed by atoms with Gasteiger partial charge in [0.15, 0.2) is 11.5 Å². The van der Waals surface area contributed by atoms with Crippen LogP contribution in [0.3, 0.4) is 0 Å². The molecule has 1 aromatic heterocycles. The fourth-order valence-electron chi connectivity index (χ4n) is 5.34. The van der Waals surface area contributed by atoms with Crippen LogP contribution in [0.2, 0.25) is 0 Å². The van der Waals surface area contributed by atoms with Gasteiger partial charge in [-0.3, -0.25) is 14.5 Å². The third-order valence-corrected chi connectivity index (χ3v) is 8.67. The van der Waals surface area contributed by atoms with E-state index in [-0.39, 0.29) is 34.8 Å². The van der Waals surface area contributed by atoms with Gasteiger partial charge >= 0.3 is 0 Å². The van der Waals surface area contributed by atoms with Crippen molar-refractivity contribution in [2.24, 2.45) is 0 Å². The Morgan fingerprint density at radius 1 is 1.07 bits per heavy atom. The Labute approximate surface area is 245 Å². The predicted molar refractivity (Wildman–Crippen MR) is 161 cm³/mol. The Kier molecular flexibility index (Phi) is 8.33. The minimum absolute atomic E-state index is 0.0634. The summed E-state index contributed by atoms with van der Waals surface area (Å²) in [6.45, 7) is 10.4. The molecule has 1 saturated heterocycles. The molecule has 218 valence electrons. The number of aromatic nitrogens is 2. The van der Waals surface area contributed by atoms with Gasteiger partial charge in [0, 0.05) is 24.1 Å². The van der Waals surface area contributed by atoms with Gasteiger partial charge in [-0.15, -0.1) is 11.8 Å². The summed E-state index contributed by atoms with van der Waals surface area (Å²) in [6.07, 6.45) is 0. The highest BCUT2D eigenvalue weighted by Gasteiger charge is 2.40. The third-order valence-electron chi connectivity index (χ3n) is 7.41. The number of nitrogens with zero attached hydrogens (tertiary/aromatic N) is 4. The molecule has 1 fully saturated rings. The van der Waals surface area contributed by atoms with Crippen molar-refractivity contribution in [3.63, 3.8) is 0 Å². The Balaban J connectivity index is 1.74. The zero-order valence-corrected chi connectivity index (χ0v) is 25.4. The van der Waals surface area contributed by atoms with Gasteiger partial charge in [0.05, 0.1) is 49.8 Å². The average molecular weight is 579 g/mol. The maximum absolute atomic E-state index is 13.9. The van der Waals surface area contributed by atoms with Gasteiger partial charge < -0.3 is 19.1 Å². The Morgan fingerprint density at radius 2 is 1.80 bits per heavy atom. The molecule has 0 aliphatic carbocycles. The van der Waals surface area contributed by atoms with E-state index in [2.05, 4.69) is 26.8 Å². The molecule has 1 unspecified atom stereocenters. The fraction of sp³-hybridized carbons (Fsp3) is 0.452. The van der Waals surface area contributed by atoms with Crippen LogP contribution in [0.15, 0.2) is 42.5 Å². The normalized spacial score (nSPS) is 17.7. The van der Waals surface area contributed by atoms with E-state index in [1.54, 1.807) is 35.8 Å². The van der Waals surface area contributed by atoms with Crippen molar-refractivity contribution in [3.8, 4) is 17.2 Å². The molecular weight excluding hydrogens is 540 g/mol. The summed E-state index contributed by atoms with van der Waals surface area (Å²) >= 11 is 1.54. The number of hydrogen-bond donors (Lipinski definition) is 0. The number of thioether (sulfide) groups is 1. The molecule has 2 aliphatic heterocycles. The summed E-state index contributed by atoms with van der Waals surface area (Å²) in [5.41, 5.74) is 4.34. The summed E-state index contributed by atoms with van der Waals surface area (Å²) in [5, 5.41) is 4.95. The van der Waals surface area contributed by atoms with Gasteiger partial charge in [-0.05, 0) is 42.3 Å². The summed E-state index contributed by atoms with van der Waals surface area (Å²) in [6, 6.07) is 13.9. The summed E-state index contributed by atoms with van der Waals surface area (Å²) in [7, 11) is 3.23. The van der Waals surface area contributed by atoms with Crippen LogP contribution >= 0.6 is 11.8 Å². The van der Waals surface area contributed by atoms with E-state index in [9.17, 15) is 9.59 Å². The van der Waals surface area contributed by atoms with Crippen molar-refractivity contribution in [2.45, 2.75) is 38.4 Å². The van der Waals surface area contributed by atoms with Gasteiger partial charge in [0.1, 0.15) is 12.4 Å². The Morgan fingerprint density at radius 3 is 2.46 bits per heavy atom. The second-order valence-electron chi connectivity index (χ2n) is 11.4. The molecule has 0 radical (unpaired) electrons. The molecule has 0 bridgehead atoms. The van der Waals surface area contributed by atoms with Crippen molar-refractivity contribution in [2.75, 3.05) is 57.7 Å². The maximum atomic E-state index is 13.9. The highest BCUT2D eigenvalue weighted by molar-refractivity contribution is 8.00. The molecule has 3 heterocycles. The highest BCUT2D eigenvalue weighted by atomic mass is 32.2. The van der Waals surface area contributed by atoms with E-state index in [1.165, 1.54) is 0 Å². The topological polar surface area (TPSA) is 86.1 Å². The number of carbonyl (C=O) groups is 2. The van der Waals surface area contributed by atoms with Gasteiger partial charge in [0.25, 0.3) is 0 Å². The van der Waals surface area contributed by atoms with Crippen LogP contribution in [0.5, 0.6) is 11.5 Å². The number of rotatable bonds is 6. The number of fused-ring (bicyclic) bond motifs is 1. The lowest BCUT2D eigenvalue weighted by Crippen LogP contribution is -2.48. The number of carbonyl (C=O) groups excluding carboxylic acids is 2. The van der Waals surface area contributed by atoms with Gasteiger partial charge in [-0.2, -0.15) is 5.10 Å². The van der Waals surface area contributed by atoms with E-state index in [1.807, 2.05) is 48.0 Å². The second-order valence-corrected chi connectivity index (χ2v) is 12.5. The van der Waals surface area contributed by atoms with E-state index >= 15 is 0 Å². The summed E-state index contributed by atoms with van der Waals surface area (Å²) in [4.78, 5) is 30.9. The molecular formula is C31H38N4O5S. The predicted octanol–water partition coefficient (Wildman–Crippen LogP) is 4.52. The van der Waals surface area contributed by atoms with Gasteiger partial charge in [-0.1, -0.05) is 39.0 Å². The molecule has 2 aromatic carbocycles. The lowest BCUT2D eigenvalue weighted by atomic mass is 9.87. The zero-order chi connectivity index (χ0) is 29.3. The third kappa shape index (κ3) is 5.81. The van der Waals surface area contributed by atoms with Crippen molar-refractivity contribution >= 4 is 29.4 Å². The van der Waals surface area contributed by atoms with Crippen LogP contribution < -0.4 is 14.4 Å². The molecule has 2 aliphatic rings. The van der Waals surface area contributed by atoms with Gasteiger partial charge in [0.2, 0.25) is 11.8 Å². The van der Waals surface area contributed by atoms with Crippen molar-refractivity contribution in [1.29, 1.82) is 0 Å². The maximum Gasteiger partial charge on any atom is 0.242 e. The number of anilines is 1. The van der Waals surface area contributed by atoms with Crippen LogP contribution in [0.25, 0.3) is 5.69 Å². The molecule has 41 heavy (non-hydrogen) atoms. The largest absolute Gasteiger partial charge is 0.493 e. The molecule has 2 amide bonds. The molecule has 5 rings (SSSR count). The van der Waals surface area contributed by atoms with E-state index in [4.69, 9.17) is 19.3 Å². The van der Waals surface area contributed by atoms with Crippen LogP contribution in [-0.2, 0) is 19.7 Å². The van der Waals surface area contributed by atoms with Crippen LogP contribution in [-0.4, -0.2) is 79.3 Å². The number of methoxy groups -OCH3 is 2. The zero-order valence-electron chi connectivity index (χ0n) is 24.6. The molecule has 0 saturated carbocycles. The standard InChI is InChI=1S/C31H38N4O5S/c1-20-8-7-9-22(16-20)35-30-27(29(32-35)31(2,3)4)28(21-10-11-23(38-5)24(17-21)39-6)41-19-26(37)34(30)18-25(36)33-12-14-40-15-13-33/h7-11,16-17,28H,12-15,18-19H2,1-6H3. The number of aryl methyl sites for hydroxylation is 1. The van der Waals surface area contributed by atoms with Crippen LogP contribution in [0.1, 0.15) is 48.4 Å². The highest BCUT2D eigenvalue weighted by Crippen LogP contribution is 2.49. The van der Waals surface area contributed by atoms with E-state index in [0.717, 1.165) is 28.1 Å².